The number of benzene rings is 2. The molecule has 2 N–H and O–H groups in total. The van der Waals surface area contributed by atoms with Crippen molar-refractivity contribution in [2.24, 2.45) is 0 Å². The van der Waals surface area contributed by atoms with E-state index in [0.717, 1.165) is 24.2 Å². The van der Waals surface area contributed by atoms with E-state index in [0.29, 0.717) is 23.0 Å². The quantitative estimate of drug-likeness (QED) is 0.649. The summed E-state index contributed by atoms with van der Waals surface area (Å²) in [5.41, 5.74) is 2.85. The summed E-state index contributed by atoms with van der Waals surface area (Å²) in [5, 5.41) is 10.1. The third-order valence-corrected chi connectivity index (χ3v) is 4.70. The molecule has 7 nitrogen and oxygen atoms in total. The van der Waals surface area contributed by atoms with Crippen molar-refractivity contribution in [2.45, 2.75) is 18.8 Å². The largest absolute Gasteiger partial charge is 0.484 e. The Bertz CT molecular complexity index is 1030. The third-order valence-electron chi connectivity index (χ3n) is 4.70. The van der Waals surface area contributed by atoms with Crippen LogP contribution in [0.1, 0.15) is 34.9 Å². The summed E-state index contributed by atoms with van der Waals surface area (Å²) in [5.74, 6) is 0.463. The van der Waals surface area contributed by atoms with Gasteiger partial charge in [-0.05, 0) is 43.2 Å². The van der Waals surface area contributed by atoms with Gasteiger partial charge in [0.25, 0.3) is 11.8 Å². The lowest BCUT2D eigenvalue weighted by Crippen LogP contribution is -2.24. The molecule has 4 rings (SSSR count). The van der Waals surface area contributed by atoms with Crippen LogP contribution in [0, 0.1) is 0 Å². The molecule has 0 atom stereocenters. The molecule has 1 heterocycles. The van der Waals surface area contributed by atoms with Gasteiger partial charge in [0.05, 0.1) is 11.4 Å². The second-order valence-corrected chi connectivity index (χ2v) is 6.92. The summed E-state index contributed by atoms with van der Waals surface area (Å²) in [6, 6.07) is 18.4. The van der Waals surface area contributed by atoms with Crippen LogP contribution >= 0.6 is 0 Å². The van der Waals surface area contributed by atoms with E-state index in [2.05, 4.69) is 15.7 Å². The first-order valence-corrected chi connectivity index (χ1v) is 9.54. The van der Waals surface area contributed by atoms with Gasteiger partial charge in [-0.3, -0.25) is 9.59 Å². The van der Waals surface area contributed by atoms with E-state index >= 15 is 0 Å². The molecule has 148 valence electrons. The molecule has 0 spiro atoms. The molecule has 1 aliphatic rings. The highest BCUT2D eigenvalue weighted by Gasteiger charge is 2.29. The maximum atomic E-state index is 13.0. The molecule has 7 heteroatoms. The molecule has 2 amide bonds. The predicted molar refractivity (Wildman–Crippen MR) is 109 cm³/mol. The molecule has 1 aromatic heterocycles. The van der Waals surface area contributed by atoms with Crippen LogP contribution in [0.4, 0.5) is 5.69 Å². The van der Waals surface area contributed by atoms with Crippen molar-refractivity contribution in [1.82, 2.24) is 15.1 Å². The molecule has 3 aromatic rings. The Morgan fingerprint density at radius 3 is 2.62 bits per heavy atom. The van der Waals surface area contributed by atoms with Gasteiger partial charge in [0.2, 0.25) is 0 Å². The van der Waals surface area contributed by atoms with Gasteiger partial charge in [-0.25, -0.2) is 4.68 Å². The summed E-state index contributed by atoms with van der Waals surface area (Å²) in [6.07, 6.45) is 2.22. The summed E-state index contributed by atoms with van der Waals surface area (Å²) >= 11 is 0. The average molecular weight is 390 g/mol. The Hall–Kier alpha value is -3.61. The van der Waals surface area contributed by atoms with Crippen LogP contribution in [0.5, 0.6) is 5.75 Å². The number of amides is 2. The van der Waals surface area contributed by atoms with Crippen molar-refractivity contribution in [3.05, 3.63) is 72.1 Å². The molecule has 1 fully saturated rings. The highest BCUT2D eigenvalue weighted by Crippen LogP contribution is 2.39. The van der Waals surface area contributed by atoms with Gasteiger partial charge in [-0.15, -0.1) is 0 Å². The lowest BCUT2D eigenvalue weighted by atomic mass is 10.2. The minimum atomic E-state index is -0.253. The monoisotopic (exact) mass is 390 g/mol. The minimum absolute atomic E-state index is 0.0839. The minimum Gasteiger partial charge on any atom is -0.484 e. The van der Waals surface area contributed by atoms with Crippen molar-refractivity contribution < 1.29 is 14.3 Å². The zero-order chi connectivity index (χ0) is 20.2. The summed E-state index contributed by atoms with van der Waals surface area (Å²) in [4.78, 5) is 24.4. The number of aromatic nitrogens is 2. The first-order chi connectivity index (χ1) is 14.1. The number of hydrogen-bond donors (Lipinski definition) is 2. The molecule has 0 aliphatic heterocycles. The van der Waals surface area contributed by atoms with E-state index in [1.807, 2.05) is 36.4 Å². The average Bonchev–Trinajstić information content (AvgIpc) is 3.51. The Balaban J connectivity index is 1.55. The van der Waals surface area contributed by atoms with Gasteiger partial charge in [0.1, 0.15) is 11.4 Å². The van der Waals surface area contributed by atoms with Crippen molar-refractivity contribution in [1.29, 1.82) is 0 Å². The summed E-state index contributed by atoms with van der Waals surface area (Å²) in [7, 11) is 1.55. The lowest BCUT2D eigenvalue weighted by molar-refractivity contribution is -0.122. The Morgan fingerprint density at radius 2 is 1.90 bits per heavy atom. The molecule has 0 radical (unpaired) electrons. The van der Waals surface area contributed by atoms with Gasteiger partial charge < -0.3 is 15.4 Å². The van der Waals surface area contributed by atoms with E-state index in [-0.39, 0.29) is 18.4 Å². The van der Waals surface area contributed by atoms with Gasteiger partial charge in [-0.2, -0.15) is 5.10 Å². The van der Waals surface area contributed by atoms with Crippen molar-refractivity contribution in [3.8, 4) is 11.4 Å². The maximum Gasteiger partial charge on any atom is 0.274 e. The lowest BCUT2D eigenvalue weighted by Gasteiger charge is -2.10. The predicted octanol–water partition coefficient (Wildman–Crippen LogP) is 3.13. The molecule has 1 saturated carbocycles. The Labute approximate surface area is 168 Å². The van der Waals surface area contributed by atoms with Crippen LogP contribution in [0.2, 0.25) is 0 Å². The van der Waals surface area contributed by atoms with E-state index in [9.17, 15) is 9.59 Å². The molecular weight excluding hydrogens is 368 g/mol. The van der Waals surface area contributed by atoms with E-state index in [4.69, 9.17) is 4.74 Å². The van der Waals surface area contributed by atoms with Crippen molar-refractivity contribution in [2.75, 3.05) is 19.0 Å². The molecule has 2 aromatic carbocycles. The van der Waals surface area contributed by atoms with Crippen LogP contribution in [0.25, 0.3) is 5.69 Å². The molecule has 1 aliphatic carbocycles. The number of nitrogens with one attached hydrogen (secondary N) is 2. The molecule has 0 bridgehead atoms. The topological polar surface area (TPSA) is 85.2 Å². The van der Waals surface area contributed by atoms with Crippen molar-refractivity contribution in [3.63, 3.8) is 0 Å². The molecule has 0 unspecified atom stereocenters. The number of carbonyl (C=O) groups is 2. The molecular formula is C22H22N4O3. The zero-order valence-corrected chi connectivity index (χ0v) is 16.1. The Morgan fingerprint density at radius 1 is 1.10 bits per heavy atom. The second kappa shape index (κ2) is 8.18. The highest BCUT2D eigenvalue weighted by atomic mass is 16.5. The smallest absolute Gasteiger partial charge is 0.274 e. The van der Waals surface area contributed by atoms with E-state index in [1.165, 1.54) is 0 Å². The fourth-order valence-corrected chi connectivity index (χ4v) is 2.99. The number of likely N-dealkylation sites (N-methyl/N-ethyl adjacent to an activating group) is 1. The first kappa shape index (κ1) is 18.7. The fraction of sp³-hybridized carbons (Fsp3) is 0.227. The fourth-order valence-electron chi connectivity index (χ4n) is 2.99. The molecule has 0 saturated heterocycles. The maximum absolute atomic E-state index is 13.0. The number of hydrogen-bond acceptors (Lipinski definition) is 4. The van der Waals surface area contributed by atoms with Crippen LogP contribution in [-0.4, -0.2) is 35.2 Å². The number of nitrogens with zero attached hydrogens (tertiary/aromatic N) is 2. The molecule has 29 heavy (non-hydrogen) atoms. The summed E-state index contributed by atoms with van der Waals surface area (Å²) < 4.78 is 7.13. The number of para-hydroxylation sites is 1. The van der Waals surface area contributed by atoms with Gasteiger partial charge in [-0.1, -0.05) is 24.3 Å². The van der Waals surface area contributed by atoms with E-state index in [1.54, 1.807) is 36.0 Å². The third kappa shape index (κ3) is 4.45. The SMILES string of the molecule is CNC(=O)COc1cccc(NC(=O)c2cc(C3CC3)nn2-c2ccccc2)c1. The first-order valence-electron chi connectivity index (χ1n) is 9.54. The Kier molecular flexibility index (Phi) is 5.29. The second-order valence-electron chi connectivity index (χ2n) is 6.92. The van der Waals surface area contributed by atoms with E-state index < -0.39 is 0 Å². The van der Waals surface area contributed by atoms with Gasteiger partial charge in [0.15, 0.2) is 6.61 Å². The van der Waals surface area contributed by atoms with Gasteiger partial charge >= 0.3 is 0 Å². The zero-order valence-electron chi connectivity index (χ0n) is 16.1. The standard InChI is InChI=1S/C22H22N4O3/c1-23-21(27)14-29-18-9-5-6-16(12-18)24-22(28)20-13-19(15-10-11-15)25-26(20)17-7-3-2-4-8-17/h2-9,12-13,15H,10-11,14H2,1H3,(H,23,27)(H,24,28). The number of rotatable bonds is 7. The van der Waals surface area contributed by atoms with Crippen LogP contribution in [0.3, 0.4) is 0 Å². The van der Waals surface area contributed by atoms with Crippen LogP contribution in [-0.2, 0) is 4.79 Å². The van der Waals surface area contributed by atoms with Crippen LogP contribution < -0.4 is 15.4 Å². The highest BCUT2D eigenvalue weighted by molar-refractivity contribution is 6.03. The number of ether oxygens (including phenoxy) is 1. The van der Waals surface area contributed by atoms with Gasteiger partial charge in [0, 0.05) is 24.7 Å². The van der Waals surface area contributed by atoms with Crippen LogP contribution in [0.15, 0.2) is 60.7 Å². The number of anilines is 1. The number of carbonyl (C=O) groups excluding carboxylic acids is 2. The summed E-state index contributed by atoms with van der Waals surface area (Å²) in [6.45, 7) is -0.0839. The normalized spacial score (nSPS) is 13.0. The van der Waals surface area contributed by atoms with Crippen molar-refractivity contribution >= 4 is 17.5 Å².